The highest BCUT2D eigenvalue weighted by molar-refractivity contribution is 7.89. The second-order valence-corrected chi connectivity index (χ2v) is 10.3. The second kappa shape index (κ2) is 10.2. The lowest BCUT2D eigenvalue weighted by molar-refractivity contribution is 0.262. The molecule has 9 heteroatoms. The minimum Gasteiger partial charge on any atom is -0.355 e. The predicted molar refractivity (Wildman–Crippen MR) is 135 cm³/mol. The normalized spacial score (nSPS) is 14.9. The smallest absolute Gasteiger partial charge is 0.323 e. The molecule has 8 nitrogen and oxygen atoms in total. The summed E-state index contributed by atoms with van der Waals surface area (Å²) in [6.07, 6.45) is 2.31. The summed E-state index contributed by atoms with van der Waals surface area (Å²) in [5, 5.41) is 5.59. The van der Waals surface area contributed by atoms with Gasteiger partial charge < -0.3 is 15.5 Å². The maximum Gasteiger partial charge on any atom is 0.323 e. The highest BCUT2D eigenvalue weighted by Crippen LogP contribution is 2.21. The van der Waals surface area contributed by atoms with Gasteiger partial charge in [-0.05, 0) is 62.2 Å². The molecule has 0 atom stereocenters. The van der Waals surface area contributed by atoms with E-state index in [2.05, 4.69) is 20.5 Å². The Balaban J connectivity index is 1.36. The largest absolute Gasteiger partial charge is 0.355 e. The fourth-order valence-corrected chi connectivity index (χ4v) is 5.36. The lowest BCUT2D eigenvalue weighted by atomic mass is 10.2. The summed E-state index contributed by atoms with van der Waals surface area (Å²) in [7, 11) is -3.52. The highest BCUT2D eigenvalue weighted by atomic mass is 32.2. The van der Waals surface area contributed by atoms with Crippen molar-refractivity contribution in [3.05, 3.63) is 78.0 Å². The van der Waals surface area contributed by atoms with Crippen molar-refractivity contribution in [2.45, 2.75) is 25.2 Å². The van der Waals surface area contributed by atoms with Gasteiger partial charge in [0.2, 0.25) is 10.0 Å². The summed E-state index contributed by atoms with van der Waals surface area (Å²) in [6.45, 7) is 5.99. The van der Waals surface area contributed by atoms with E-state index in [-0.39, 0.29) is 6.03 Å². The van der Waals surface area contributed by atoms with Gasteiger partial charge in [-0.25, -0.2) is 18.2 Å². The second-order valence-electron chi connectivity index (χ2n) is 8.41. The Labute approximate surface area is 200 Å². The molecule has 2 aromatic carbocycles. The van der Waals surface area contributed by atoms with Crippen LogP contribution in [0.25, 0.3) is 0 Å². The van der Waals surface area contributed by atoms with Crippen molar-refractivity contribution >= 4 is 33.2 Å². The van der Waals surface area contributed by atoms with Gasteiger partial charge in [0.05, 0.1) is 16.8 Å². The van der Waals surface area contributed by atoms with Crippen molar-refractivity contribution in [1.29, 1.82) is 0 Å². The third kappa shape index (κ3) is 5.73. The third-order valence-corrected chi connectivity index (χ3v) is 7.63. The van der Waals surface area contributed by atoms with E-state index in [0.717, 1.165) is 22.6 Å². The van der Waals surface area contributed by atoms with Crippen LogP contribution >= 0.6 is 0 Å². The number of carbonyl (C=O) groups is 1. The summed E-state index contributed by atoms with van der Waals surface area (Å²) in [4.78, 5) is 19.2. The van der Waals surface area contributed by atoms with Gasteiger partial charge in [-0.15, -0.1) is 0 Å². The number of nitrogens with one attached hydrogen (secondary N) is 2. The average Bonchev–Trinajstić information content (AvgIpc) is 3.07. The molecule has 178 valence electrons. The summed E-state index contributed by atoms with van der Waals surface area (Å²) in [6, 6.07) is 17.8. The van der Waals surface area contributed by atoms with Crippen LogP contribution < -0.4 is 15.5 Å². The van der Waals surface area contributed by atoms with E-state index < -0.39 is 10.0 Å². The zero-order valence-electron chi connectivity index (χ0n) is 19.4. The molecule has 1 fully saturated rings. The number of nitrogens with zero attached hydrogens (tertiary/aromatic N) is 3. The first kappa shape index (κ1) is 23.7. The van der Waals surface area contributed by atoms with Gasteiger partial charge >= 0.3 is 6.03 Å². The van der Waals surface area contributed by atoms with Gasteiger partial charge in [0.25, 0.3) is 0 Å². The number of aromatic nitrogens is 1. The van der Waals surface area contributed by atoms with Gasteiger partial charge in [0.15, 0.2) is 0 Å². The van der Waals surface area contributed by atoms with Gasteiger partial charge in [-0.1, -0.05) is 29.8 Å². The number of pyridine rings is 1. The minimum atomic E-state index is -3.52. The molecule has 0 bridgehead atoms. The molecular formula is C25H29N5O3S. The maximum absolute atomic E-state index is 13.0. The Hall–Kier alpha value is -3.43. The number of aryl methyl sites for hydroxylation is 2. The molecule has 0 radical (unpaired) electrons. The van der Waals surface area contributed by atoms with Gasteiger partial charge in [-0.3, -0.25) is 0 Å². The van der Waals surface area contributed by atoms with E-state index >= 15 is 0 Å². The number of urea groups is 1. The molecule has 0 unspecified atom stereocenters. The minimum absolute atomic E-state index is 0.323. The van der Waals surface area contributed by atoms with Crippen LogP contribution in [0.3, 0.4) is 0 Å². The van der Waals surface area contributed by atoms with Gasteiger partial charge in [-0.2, -0.15) is 4.31 Å². The van der Waals surface area contributed by atoms with Gasteiger partial charge in [0.1, 0.15) is 5.82 Å². The Bertz CT molecular complexity index is 1240. The number of carbonyl (C=O) groups excluding carboxylic acids is 1. The monoisotopic (exact) mass is 479 g/mol. The topological polar surface area (TPSA) is 94.6 Å². The number of hydrogen-bond acceptors (Lipinski definition) is 5. The van der Waals surface area contributed by atoms with Crippen LogP contribution in [0.15, 0.2) is 71.8 Å². The number of anilines is 3. The molecule has 2 amide bonds. The Morgan fingerprint density at radius 2 is 1.62 bits per heavy atom. The first-order valence-corrected chi connectivity index (χ1v) is 12.7. The molecule has 0 spiro atoms. The fraction of sp³-hybridized carbons (Fsp3) is 0.280. The zero-order chi connectivity index (χ0) is 24.1. The zero-order valence-corrected chi connectivity index (χ0v) is 20.2. The van der Waals surface area contributed by atoms with E-state index in [1.807, 2.05) is 56.3 Å². The lowest BCUT2D eigenvalue weighted by Gasteiger charge is -2.23. The third-order valence-electron chi connectivity index (χ3n) is 5.72. The molecular weight excluding hydrogens is 450 g/mol. The van der Waals surface area contributed by atoms with Gasteiger partial charge in [0, 0.05) is 31.9 Å². The number of sulfonamides is 1. The fourth-order valence-electron chi connectivity index (χ4n) is 3.89. The molecule has 4 rings (SSSR count). The predicted octanol–water partition coefficient (Wildman–Crippen LogP) is 4.24. The van der Waals surface area contributed by atoms with Crippen LogP contribution in [0.5, 0.6) is 0 Å². The van der Waals surface area contributed by atoms with Crippen molar-refractivity contribution in [2.24, 2.45) is 0 Å². The summed E-state index contributed by atoms with van der Waals surface area (Å²) < 4.78 is 27.6. The van der Waals surface area contributed by atoms with Crippen LogP contribution in [0.1, 0.15) is 17.5 Å². The first-order valence-electron chi connectivity index (χ1n) is 11.2. The summed E-state index contributed by atoms with van der Waals surface area (Å²) in [5.41, 5.74) is 3.38. The molecule has 1 aliphatic rings. The van der Waals surface area contributed by atoms with E-state index in [4.69, 9.17) is 0 Å². The SMILES string of the molecule is Cc1ccc(S(=O)(=O)N2CCCN(c3ccc(NC(=O)Nc4cccc(C)c4)cn3)CC2)cc1. The first-order chi connectivity index (χ1) is 16.3. The lowest BCUT2D eigenvalue weighted by Crippen LogP contribution is -2.35. The molecule has 2 N–H and O–H groups in total. The van der Waals surface area contributed by atoms with Crippen molar-refractivity contribution < 1.29 is 13.2 Å². The number of benzene rings is 2. The van der Waals surface area contributed by atoms with E-state index in [9.17, 15) is 13.2 Å². The quantitative estimate of drug-likeness (QED) is 0.571. The molecule has 2 heterocycles. The molecule has 1 saturated heterocycles. The standard InChI is InChI=1S/C25H29N5O3S/c1-19-7-10-23(11-8-19)34(32,33)30-14-4-13-29(15-16-30)24-12-9-22(18-26-24)28-25(31)27-21-6-3-5-20(2)17-21/h3,5-12,17-18H,4,13-16H2,1-2H3,(H2,27,28,31). The van der Waals surface area contributed by atoms with E-state index in [1.165, 1.54) is 0 Å². The molecule has 34 heavy (non-hydrogen) atoms. The molecule has 0 saturated carbocycles. The molecule has 1 aliphatic heterocycles. The van der Waals surface area contributed by atoms with E-state index in [0.29, 0.717) is 43.2 Å². The van der Waals surface area contributed by atoms with E-state index in [1.54, 1.807) is 28.7 Å². The van der Waals surface area contributed by atoms with Crippen LogP contribution in [-0.2, 0) is 10.0 Å². The number of rotatable bonds is 5. The Kier molecular flexibility index (Phi) is 7.14. The van der Waals surface area contributed by atoms with Crippen molar-refractivity contribution in [3.8, 4) is 0 Å². The van der Waals surface area contributed by atoms with Crippen LogP contribution in [0, 0.1) is 13.8 Å². The summed E-state index contributed by atoms with van der Waals surface area (Å²) in [5.74, 6) is 0.749. The maximum atomic E-state index is 13.0. The van der Waals surface area contributed by atoms with Crippen molar-refractivity contribution in [3.63, 3.8) is 0 Å². The Morgan fingerprint density at radius 3 is 2.32 bits per heavy atom. The van der Waals surface area contributed by atoms with Crippen molar-refractivity contribution in [1.82, 2.24) is 9.29 Å². The molecule has 0 aliphatic carbocycles. The number of hydrogen-bond donors (Lipinski definition) is 2. The van der Waals surface area contributed by atoms with Crippen molar-refractivity contribution in [2.75, 3.05) is 41.7 Å². The van der Waals surface area contributed by atoms with Crippen LogP contribution in [0.4, 0.5) is 22.0 Å². The Morgan fingerprint density at radius 1 is 0.853 bits per heavy atom. The number of amides is 2. The molecule has 1 aromatic heterocycles. The van der Waals surface area contributed by atoms with Crippen LogP contribution in [0.2, 0.25) is 0 Å². The van der Waals surface area contributed by atoms with Crippen LogP contribution in [-0.4, -0.2) is 49.9 Å². The highest BCUT2D eigenvalue weighted by Gasteiger charge is 2.27. The average molecular weight is 480 g/mol. The summed E-state index contributed by atoms with van der Waals surface area (Å²) >= 11 is 0. The molecule has 3 aromatic rings.